The molecule has 6 nitrogen and oxygen atoms in total. The molecule has 0 amide bonds. The van der Waals surface area contributed by atoms with E-state index in [0.717, 1.165) is 31.0 Å². The highest BCUT2D eigenvalue weighted by Gasteiger charge is 2.29. The number of sulfonamides is 1. The van der Waals surface area contributed by atoms with E-state index in [1.807, 2.05) is 0 Å². The molecule has 0 atom stereocenters. The summed E-state index contributed by atoms with van der Waals surface area (Å²) in [5, 5.41) is 8.77. The summed E-state index contributed by atoms with van der Waals surface area (Å²) >= 11 is 1.05. The second kappa shape index (κ2) is 7.08. The first-order chi connectivity index (χ1) is 10.3. The van der Waals surface area contributed by atoms with E-state index in [9.17, 15) is 13.2 Å². The highest BCUT2D eigenvalue weighted by molar-refractivity contribution is 7.91. The molecule has 0 unspecified atom stereocenters. The molecule has 1 aromatic rings. The molecule has 0 aromatic carbocycles. The van der Waals surface area contributed by atoms with Gasteiger partial charge in [0.15, 0.2) is 0 Å². The van der Waals surface area contributed by atoms with Crippen LogP contribution in [0.4, 0.5) is 0 Å². The number of hydrogen-bond donors (Lipinski definition) is 1. The van der Waals surface area contributed by atoms with E-state index in [4.69, 9.17) is 5.11 Å². The molecule has 0 saturated carbocycles. The molecule has 1 fully saturated rings. The summed E-state index contributed by atoms with van der Waals surface area (Å²) < 4.78 is 26.9. The van der Waals surface area contributed by atoms with E-state index in [1.165, 1.54) is 10.4 Å². The van der Waals surface area contributed by atoms with Gasteiger partial charge in [-0.3, -0.25) is 4.79 Å². The van der Waals surface area contributed by atoms with Gasteiger partial charge in [0.2, 0.25) is 0 Å². The Morgan fingerprint density at radius 3 is 2.45 bits per heavy atom. The van der Waals surface area contributed by atoms with Crippen LogP contribution in [0, 0.1) is 5.92 Å². The van der Waals surface area contributed by atoms with Crippen molar-refractivity contribution in [1.29, 1.82) is 0 Å². The highest BCUT2D eigenvalue weighted by Crippen LogP contribution is 2.26. The first kappa shape index (κ1) is 17.4. The fourth-order valence-electron chi connectivity index (χ4n) is 2.54. The normalized spacial score (nSPS) is 18.0. The van der Waals surface area contributed by atoms with Gasteiger partial charge in [0.1, 0.15) is 4.21 Å². The van der Waals surface area contributed by atoms with Crippen molar-refractivity contribution < 1.29 is 18.3 Å². The van der Waals surface area contributed by atoms with Crippen molar-refractivity contribution in [1.82, 2.24) is 9.21 Å². The van der Waals surface area contributed by atoms with Crippen LogP contribution < -0.4 is 0 Å². The first-order valence-corrected chi connectivity index (χ1v) is 9.57. The zero-order valence-electron chi connectivity index (χ0n) is 12.9. The van der Waals surface area contributed by atoms with Gasteiger partial charge in [-0.2, -0.15) is 4.31 Å². The second-order valence-corrected chi connectivity index (χ2v) is 9.22. The zero-order chi connectivity index (χ0) is 16.3. The van der Waals surface area contributed by atoms with Gasteiger partial charge in [-0.25, -0.2) is 8.42 Å². The van der Waals surface area contributed by atoms with Crippen LogP contribution in [-0.2, 0) is 21.2 Å². The van der Waals surface area contributed by atoms with Crippen molar-refractivity contribution in [3.05, 3.63) is 17.0 Å². The standard InChI is InChI=1S/C14H22N2O4S2/c1-11(2)10-15-5-7-16(8-6-15)22(19,20)14-4-3-12(21-14)9-13(17)18/h3-4,11H,5-10H2,1-2H3,(H,17,18). The van der Waals surface area contributed by atoms with Crippen molar-refractivity contribution in [3.8, 4) is 0 Å². The van der Waals surface area contributed by atoms with Gasteiger partial charge in [0.05, 0.1) is 6.42 Å². The van der Waals surface area contributed by atoms with E-state index in [0.29, 0.717) is 23.9 Å². The van der Waals surface area contributed by atoms with Gasteiger partial charge >= 0.3 is 5.97 Å². The average Bonchev–Trinajstić information content (AvgIpc) is 2.87. The third-order valence-corrected chi connectivity index (χ3v) is 6.96. The third kappa shape index (κ3) is 4.28. The number of carbonyl (C=O) groups is 1. The number of hydrogen-bond acceptors (Lipinski definition) is 5. The lowest BCUT2D eigenvalue weighted by Gasteiger charge is -2.34. The lowest BCUT2D eigenvalue weighted by atomic mass is 10.2. The fraction of sp³-hybridized carbons (Fsp3) is 0.643. The van der Waals surface area contributed by atoms with Gasteiger partial charge in [0, 0.05) is 37.6 Å². The highest BCUT2D eigenvalue weighted by atomic mass is 32.2. The topological polar surface area (TPSA) is 77.9 Å². The molecule has 1 aliphatic heterocycles. The maximum absolute atomic E-state index is 12.6. The summed E-state index contributed by atoms with van der Waals surface area (Å²) in [5.41, 5.74) is 0. The number of carboxylic acids is 1. The maximum Gasteiger partial charge on any atom is 0.308 e. The molecule has 1 aliphatic rings. The third-order valence-electron chi connectivity index (χ3n) is 3.51. The zero-order valence-corrected chi connectivity index (χ0v) is 14.5. The van der Waals surface area contributed by atoms with Crippen molar-refractivity contribution in [2.45, 2.75) is 24.5 Å². The molecule has 1 saturated heterocycles. The summed E-state index contributed by atoms with van der Waals surface area (Å²) in [6.45, 7) is 7.74. The molecule has 22 heavy (non-hydrogen) atoms. The van der Waals surface area contributed by atoms with E-state index in [2.05, 4.69) is 18.7 Å². The maximum atomic E-state index is 12.6. The van der Waals surface area contributed by atoms with Crippen molar-refractivity contribution in [2.75, 3.05) is 32.7 Å². The lowest BCUT2D eigenvalue weighted by Crippen LogP contribution is -2.49. The van der Waals surface area contributed by atoms with Crippen LogP contribution in [0.5, 0.6) is 0 Å². The Hall–Kier alpha value is -0.960. The smallest absolute Gasteiger partial charge is 0.308 e. The Balaban J connectivity index is 2.02. The molecule has 0 aliphatic carbocycles. The Bertz CT molecular complexity index is 617. The largest absolute Gasteiger partial charge is 0.481 e. The van der Waals surface area contributed by atoms with Crippen LogP contribution >= 0.6 is 11.3 Å². The molecular weight excluding hydrogens is 324 g/mol. The SMILES string of the molecule is CC(C)CN1CCN(S(=O)(=O)c2ccc(CC(=O)O)s2)CC1. The summed E-state index contributed by atoms with van der Waals surface area (Å²) in [6, 6.07) is 3.10. The molecular formula is C14H22N2O4S2. The molecule has 0 spiro atoms. The molecule has 124 valence electrons. The van der Waals surface area contributed by atoms with Crippen LogP contribution in [0.1, 0.15) is 18.7 Å². The first-order valence-electron chi connectivity index (χ1n) is 7.32. The van der Waals surface area contributed by atoms with Crippen LogP contribution in [0.3, 0.4) is 0 Å². The van der Waals surface area contributed by atoms with Gasteiger partial charge in [-0.05, 0) is 18.1 Å². The fourth-order valence-corrected chi connectivity index (χ4v) is 5.46. The molecule has 0 bridgehead atoms. The van der Waals surface area contributed by atoms with E-state index >= 15 is 0 Å². The Kier molecular flexibility index (Phi) is 5.60. The van der Waals surface area contributed by atoms with Crippen molar-refractivity contribution >= 4 is 27.3 Å². The lowest BCUT2D eigenvalue weighted by molar-refractivity contribution is -0.136. The van der Waals surface area contributed by atoms with E-state index in [1.54, 1.807) is 6.07 Å². The summed E-state index contributed by atoms with van der Waals surface area (Å²) in [5.74, 6) is -0.382. The van der Waals surface area contributed by atoms with Crippen LogP contribution in [0.2, 0.25) is 0 Å². The van der Waals surface area contributed by atoms with E-state index in [-0.39, 0.29) is 10.6 Å². The number of thiophene rings is 1. The molecule has 2 heterocycles. The van der Waals surface area contributed by atoms with Gasteiger partial charge < -0.3 is 10.0 Å². The molecule has 0 radical (unpaired) electrons. The average molecular weight is 346 g/mol. The Morgan fingerprint density at radius 2 is 1.91 bits per heavy atom. The van der Waals surface area contributed by atoms with Crippen LogP contribution in [-0.4, -0.2) is 61.4 Å². The van der Waals surface area contributed by atoms with Crippen LogP contribution in [0.25, 0.3) is 0 Å². The molecule has 1 N–H and O–H groups in total. The Morgan fingerprint density at radius 1 is 1.27 bits per heavy atom. The summed E-state index contributed by atoms with van der Waals surface area (Å²) in [6.07, 6.45) is -0.137. The second-order valence-electron chi connectivity index (χ2n) is 5.89. The van der Waals surface area contributed by atoms with Crippen molar-refractivity contribution in [2.24, 2.45) is 5.92 Å². The van der Waals surface area contributed by atoms with E-state index < -0.39 is 16.0 Å². The Labute approximate surface area is 135 Å². The number of nitrogens with zero attached hydrogens (tertiary/aromatic N) is 2. The van der Waals surface area contributed by atoms with Gasteiger partial charge in [0.25, 0.3) is 10.0 Å². The molecule has 8 heteroatoms. The van der Waals surface area contributed by atoms with Crippen LogP contribution in [0.15, 0.2) is 16.3 Å². The monoisotopic (exact) mass is 346 g/mol. The summed E-state index contributed by atoms with van der Waals surface area (Å²) in [4.78, 5) is 13.5. The van der Waals surface area contributed by atoms with Crippen molar-refractivity contribution in [3.63, 3.8) is 0 Å². The minimum atomic E-state index is -3.50. The summed E-state index contributed by atoms with van der Waals surface area (Å²) in [7, 11) is -3.50. The predicted molar refractivity (Wildman–Crippen MR) is 85.7 cm³/mol. The van der Waals surface area contributed by atoms with Gasteiger partial charge in [-0.15, -0.1) is 11.3 Å². The predicted octanol–water partition coefficient (Wildman–Crippen LogP) is 1.34. The molecule has 2 rings (SSSR count). The number of rotatable bonds is 6. The van der Waals surface area contributed by atoms with Gasteiger partial charge in [-0.1, -0.05) is 13.8 Å². The molecule has 1 aromatic heterocycles. The number of carboxylic acid groups (broad SMARTS) is 1. The minimum absolute atomic E-state index is 0.137. The minimum Gasteiger partial charge on any atom is -0.481 e. The number of piperazine rings is 1. The quantitative estimate of drug-likeness (QED) is 0.841. The number of aliphatic carboxylic acids is 1.